The molecule has 1 atom stereocenters. The molecular formula is C26H31N3OS. The highest BCUT2D eigenvalue weighted by Gasteiger charge is 2.36. The maximum Gasteiger partial charge on any atom is 0.322 e. The Hall–Kier alpha value is -2.53. The van der Waals surface area contributed by atoms with Gasteiger partial charge in [0, 0.05) is 28.0 Å². The molecule has 162 valence electrons. The van der Waals surface area contributed by atoms with Gasteiger partial charge in [-0.1, -0.05) is 31.5 Å². The number of hydrogen-bond acceptors (Lipinski definition) is 2. The minimum atomic E-state index is -0.0120. The summed E-state index contributed by atoms with van der Waals surface area (Å²) in [5.74, 6) is 0.309. The molecule has 4 nitrogen and oxygen atoms in total. The second-order valence-electron chi connectivity index (χ2n) is 9.36. The zero-order valence-electron chi connectivity index (χ0n) is 18.9. The number of carbonyl (C=O) groups is 1. The van der Waals surface area contributed by atoms with E-state index in [1.54, 1.807) is 0 Å². The van der Waals surface area contributed by atoms with Crippen LogP contribution in [0.3, 0.4) is 0 Å². The summed E-state index contributed by atoms with van der Waals surface area (Å²) in [6.07, 6.45) is 7.01. The third kappa shape index (κ3) is 3.49. The second-order valence-corrected chi connectivity index (χ2v) is 10.4. The molecule has 1 aliphatic heterocycles. The van der Waals surface area contributed by atoms with Crippen LogP contribution >= 0.6 is 11.3 Å². The van der Waals surface area contributed by atoms with Crippen LogP contribution in [-0.4, -0.2) is 15.5 Å². The van der Waals surface area contributed by atoms with Crippen LogP contribution < -0.4 is 5.32 Å². The van der Waals surface area contributed by atoms with E-state index in [1.165, 1.54) is 51.5 Å². The Morgan fingerprint density at radius 3 is 2.71 bits per heavy atom. The van der Waals surface area contributed by atoms with Gasteiger partial charge in [0.25, 0.3) is 0 Å². The van der Waals surface area contributed by atoms with E-state index in [2.05, 4.69) is 72.9 Å². The molecule has 1 N–H and O–H groups in total. The van der Waals surface area contributed by atoms with Crippen molar-refractivity contribution in [2.75, 3.05) is 5.32 Å². The summed E-state index contributed by atoms with van der Waals surface area (Å²) in [4.78, 5) is 17.3. The predicted molar refractivity (Wildman–Crippen MR) is 128 cm³/mol. The molecule has 0 spiro atoms. The number of anilines is 1. The molecule has 2 aromatic heterocycles. The maximum absolute atomic E-state index is 13.7. The standard InChI is InChI=1S/C26H31N3OS/c1-16(2)24-22-9-7-13-28(22)25-20(19-8-5-6-10-23(19)31-25)15-29(24)26(30)27-21-12-11-17(3)14-18(21)4/h7,9,11-14,16,24H,5-6,8,10,15H2,1-4H3,(H,27,30)/t24-/m1/s1. The molecule has 0 unspecified atom stereocenters. The Bertz CT molecular complexity index is 1140. The molecule has 3 heterocycles. The molecule has 1 aromatic carbocycles. The van der Waals surface area contributed by atoms with Crippen LogP contribution in [0.4, 0.5) is 10.5 Å². The summed E-state index contributed by atoms with van der Waals surface area (Å²) in [5.41, 5.74) is 7.27. The van der Waals surface area contributed by atoms with Crippen LogP contribution in [0, 0.1) is 19.8 Å². The van der Waals surface area contributed by atoms with Crippen LogP contribution in [0.1, 0.15) is 65.6 Å². The minimum Gasteiger partial charge on any atom is -0.311 e. The summed E-state index contributed by atoms with van der Waals surface area (Å²) in [7, 11) is 0. The SMILES string of the molecule is Cc1ccc(NC(=O)N2Cc3c(sc4c3CCCC4)-n3cccc3[C@H]2C(C)C)c(C)c1. The number of fused-ring (bicyclic) bond motifs is 5. The largest absolute Gasteiger partial charge is 0.322 e. The molecule has 2 amide bonds. The summed E-state index contributed by atoms with van der Waals surface area (Å²) < 4.78 is 2.35. The fourth-order valence-corrected chi connectivity index (χ4v) is 6.67. The number of aromatic nitrogens is 1. The lowest BCUT2D eigenvalue weighted by molar-refractivity contribution is 0.161. The summed E-state index contributed by atoms with van der Waals surface area (Å²) >= 11 is 1.94. The number of carbonyl (C=O) groups excluding carboxylic acids is 1. The lowest BCUT2D eigenvalue weighted by Gasteiger charge is -2.33. The Morgan fingerprint density at radius 1 is 1.13 bits per heavy atom. The lowest BCUT2D eigenvalue weighted by atomic mass is 9.94. The topological polar surface area (TPSA) is 37.3 Å². The van der Waals surface area contributed by atoms with Crippen molar-refractivity contribution < 1.29 is 4.79 Å². The molecule has 0 saturated heterocycles. The normalized spacial score (nSPS) is 17.7. The van der Waals surface area contributed by atoms with Crippen molar-refractivity contribution in [1.29, 1.82) is 0 Å². The minimum absolute atomic E-state index is 0.0120. The molecule has 0 bridgehead atoms. The average molecular weight is 434 g/mol. The molecule has 3 aromatic rings. The maximum atomic E-state index is 13.7. The zero-order valence-corrected chi connectivity index (χ0v) is 19.7. The van der Waals surface area contributed by atoms with Crippen LogP contribution in [0.2, 0.25) is 0 Å². The Labute approximate surface area is 188 Å². The van der Waals surface area contributed by atoms with Gasteiger partial charge in [0.05, 0.1) is 12.6 Å². The highest BCUT2D eigenvalue weighted by atomic mass is 32.1. The number of thiophene rings is 1. The fourth-order valence-electron chi connectivity index (χ4n) is 5.26. The first-order chi connectivity index (χ1) is 14.9. The second kappa shape index (κ2) is 7.86. The lowest BCUT2D eigenvalue weighted by Crippen LogP contribution is -2.39. The van der Waals surface area contributed by atoms with Gasteiger partial charge < -0.3 is 14.8 Å². The molecule has 1 aliphatic carbocycles. The first-order valence-corrected chi connectivity index (χ1v) is 12.2. The monoisotopic (exact) mass is 433 g/mol. The Balaban J connectivity index is 1.59. The predicted octanol–water partition coefficient (Wildman–Crippen LogP) is 6.78. The molecule has 31 heavy (non-hydrogen) atoms. The van der Waals surface area contributed by atoms with Crippen LogP contribution in [0.15, 0.2) is 36.5 Å². The van der Waals surface area contributed by atoms with Crippen LogP contribution in [0.5, 0.6) is 0 Å². The molecule has 0 radical (unpaired) electrons. The quantitative estimate of drug-likeness (QED) is 0.475. The van der Waals surface area contributed by atoms with E-state index < -0.39 is 0 Å². The zero-order chi connectivity index (χ0) is 21.7. The molecule has 0 fully saturated rings. The number of nitrogens with zero attached hydrogens (tertiary/aromatic N) is 2. The van der Waals surface area contributed by atoms with Gasteiger partial charge in [0.15, 0.2) is 0 Å². The number of nitrogens with one attached hydrogen (secondary N) is 1. The molecular weight excluding hydrogens is 402 g/mol. The first-order valence-electron chi connectivity index (χ1n) is 11.4. The highest BCUT2D eigenvalue weighted by Crippen LogP contribution is 2.44. The van der Waals surface area contributed by atoms with Crippen LogP contribution in [0.25, 0.3) is 5.00 Å². The van der Waals surface area contributed by atoms with Crippen molar-refractivity contribution in [1.82, 2.24) is 9.47 Å². The third-order valence-corrected chi connectivity index (χ3v) is 8.08. The number of amides is 2. The summed E-state index contributed by atoms with van der Waals surface area (Å²) in [6.45, 7) is 9.24. The van der Waals surface area contributed by atoms with Gasteiger partial charge in [0.1, 0.15) is 5.00 Å². The van der Waals surface area contributed by atoms with E-state index in [0.717, 1.165) is 17.7 Å². The van der Waals surface area contributed by atoms with Gasteiger partial charge in [0.2, 0.25) is 0 Å². The summed E-state index contributed by atoms with van der Waals surface area (Å²) in [6, 6.07) is 10.5. The van der Waals surface area contributed by atoms with E-state index in [-0.39, 0.29) is 12.1 Å². The van der Waals surface area contributed by atoms with E-state index >= 15 is 0 Å². The molecule has 5 heteroatoms. The van der Waals surface area contributed by atoms with E-state index in [9.17, 15) is 4.79 Å². The molecule has 0 saturated carbocycles. The summed E-state index contributed by atoms with van der Waals surface area (Å²) in [5, 5.41) is 4.55. The van der Waals surface area contributed by atoms with Crippen LogP contribution in [-0.2, 0) is 19.4 Å². The highest BCUT2D eigenvalue weighted by molar-refractivity contribution is 7.15. The van der Waals surface area contributed by atoms with Gasteiger partial charge in [-0.3, -0.25) is 0 Å². The van der Waals surface area contributed by atoms with E-state index in [1.807, 2.05) is 17.4 Å². The van der Waals surface area contributed by atoms with Gasteiger partial charge in [-0.25, -0.2) is 4.79 Å². The van der Waals surface area contributed by atoms with Crippen molar-refractivity contribution >= 4 is 23.1 Å². The van der Waals surface area contributed by atoms with E-state index in [4.69, 9.17) is 0 Å². The smallest absolute Gasteiger partial charge is 0.311 e. The number of hydrogen-bond donors (Lipinski definition) is 1. The fraction of sp³-hybridized carbons (Fsp3) is 0.423. The van der Waals surface area contributed by atoms with Crippen molar-refractivity contribution in [2.24, 2.45) is 5.92 Å². The third-order valence-electron chi connectivity index (χ3n) is 6.74. The molecule has 5 rings (SSSR count). The van der Waals surface area contributed by atoms with Crippen molar-refractivity contribution in [3.63, 3.8) is 0 Å². The van der Waals surface area contributed by atoms with Crippen molar-refractivity contribution in [3.8, 4) is 5.00 Å². The van der Waals surface area contributed by atoms with Crippen molar-refractivity contribution in [3.05, 3.63) is 69.4 Å². The van der Waals surface area contributed by atoms with Gasteiger partial charge in [-0.2, -0.15) is 0 Å². The molecule has 2 aliphatic rings. The number of benzene rings is 1. The Kier molecular flexibility index (Phi) is 5.17. The van der Waals surface area contributed by atoms with Gasteiger partial charge >= 0.3 is 6.03 Å². The average Bonchev–Trinajstić information content (AvgIpc) is 3.31. The van der Waals surface area contributed by atoms with Gasteiger partial charge in [-0.15, -0.1) is 11.3 Å². The Morgan fingerprint density at radius 2 is 1.94 bits per heavy atom. The number of urea groups is 1. The number of rotatable bonds is 2. The van der Waals surface area contributed by atoms with E-state index in [0.29, 0.717) is 12.5 Å². The van der Waals surface area contributed by atoms with Crippen molar-refractivity contribution in [2.45, 2.75) is 66.0 Å². The first kappa shape index (κ1) is 20.4. The van der Waals surface area contributed by atoms with Gasteiger partial charge in [-0.05, 0) is 74.8 Å². The number of aryl methyl sites for hydroxylation is 3.